The summed E-state index contributed by atoms with van der Waals surface area (Å²) in [6.07, 6.45) is 0. The number of benzene rings is 1. The van der Waals surface area contributed by atoms with Gasteiger partial charge in [-0.05, 0) is 57.6 Å². The number of thiophene rings is 1. The number of rotatable bonds is 2. The molecule has 0 fully saturated rings. The van der Waals surface area contributed by atoms with Crippen LogP contribution in [-0.2, 0) is 0 Å². The highest BCUT2D eigenvalue weighted by Crippen LogP contribution is 2.38. The van der Waals surface area contributed by atoms with Crippen molar-refractivity contribution < 1.29 is 4.39 Å². The maximum Gasteiger partial charge on any atom is 0.123 e. The summed E-state index contributed by atoms with van der Waals surface area (Å²) in [6, 6.07) is 6.65. The smallest absolute Gasteiger partial charge is 0.123 e. The zero-order chi connectivity index (χ0) is 11.7. The van der Waals surface area contributed by atoms with Crippen LogP contribution in [0.2, 0.25) is 0 Å². The molecule has 0 nitrogen and oxygen atoms in total. The fourth-order valence-corrected chi connectivity index (χ4v) is 3.74. The lowest BCUT2D eigenvalue weighted by Crippen LogP contribution is -1.95. The summed E-state index contributed by atoms with van der Waals surface area (Å²) in [4.78, 5) is 1.01. The van der Waals surface area contributed by atoms with E-state index in [9.17, 15) is 4.39 Å². The average Bonchev–Trinajstić information content (AvgIpc) is 2.67. The van der Waals surface area contributed by atoms with Crippen molar-refractivity contribution in [3.8, 4) is 0 Å². The number of hydrogen-bond acceptors (Lipinski definition) is 1. The standard InChI is InChI=1S/C12H9BrClFS/c1-7-2-3-8(15)6-9(7)11(14)12-10(13)4-5-16-12/h2-6,11H,1H3. The van der Waals surface area contributed by atoms with Gasteiger partial charge < -0.3 is 0 Å². The monoisotopic (exact) mass is 318 g/mol. The van der Waals surface area contributed by atoms with Gasteiger partial charge in [-0.1, -0.05) is 6.07 Å². The van der Waals surface area contributed by atoms with Crippen molar-refractivity contribution in [2.24, 2.45) is 0 Å². The molecule has 0 aliphatic rings. The molecule has 0 spiro atoms. The van der Waals surface area contributed by atoms with Gasteiger partial charge in [-0.3, -0.25) is 0 Å². The van der Waals surface area contributed by atoms with E-state index in [2.05, 4.69) is 15.9 Å². The van der Waals surface area contributed by atoms with E-state index in [0.717, 1.165) is 20.5 Å². The quantitative estimate of drug-likeness (QED) is 0.660. The second-order valence-corrected chi connectivity index (χ2v) is 5.73. The van der Waals surface area contributed by atoms with Gasteiger partial charge in [-0.25, -0.2) is 4.39 Å². The van der Waals surface area contributed by atoms with Crippen molar-refractivity contribution in [1.82, 2.24) is 0 Å². The van der Waals surface area contributed by atoms with Crippen molar-refractivity contribution in [2.45, 2.75) is 12.3 Å². The van der Waals surface area contributed by atoms with Gasteiger partial charge in [-0.15, -0.1) is 22.9 Å². The normalized spacial score (nSPS) is 12.8. The molecule has 0 saturated heterocycles. The molecule has 16 heavy (non-hydrogen) atoms. The van der Waals surface area contributed by atoms with Crippen LogP contribution in [0.1, 0.15) is 21.4 Å². The van der Waals surface area contributed by atoms with Gasteiger partial charge in [0.2, 0.25) is 0 Å². The highest BCUT2D eigenvalue weighted by atomic mass is 79.9. The lowest BCUT2D eigenvalue weighted by Gasteiger charge is -2.12. The first-order chi connectivity index (χ1) is 7.59. The summed E-state index contributed by atoms with van der Waals surface area (Å²) in [5.74, 6) is -0.251. The Hall–Kier alpha value is -0.380. The Morgan fingerprint density at radius 3 is 2.75 bits per heavy atom. The molecule has 2 aromatic rings. The minimum atomic E-state index is -0.301. The first-order valence-corrected chi connectivity index (χ1v) is 6.83. The van der Waals surface area contributed by atoms with Crippen LogP contribution in [0.4, 0.5) is 4.39 Å². The van der Waals surface area contributed by atoms with E-state index in [0.29, 0.717) is 0 Å². The molecule has 0 amide bonds. The fourth-order valence-electron chi connectivity index (χ4n) is 1.51. The lowest BCUT2D eigenvalue weighted by atomic mass is 10.0. The van der Waals surface area contributed by atoms with Crippen LogP contribution in [0.15, 0.2) is 34.1 Å². The fraction of sp³-hybridized carbons (Fsp3) is 0.167. The van der Waals surface area contributed by atoms with Crippen LogP contribution in [0, 0.1) is 12.7 Å². The lowest BCUT2D eigenvalue weighted by molar-refractivity contribution is 0.625. The van der Waals surface area contributed by atoms with E-state index < -0.39 is 0 Å². The summed E-state index contributed by atoms with van der Waals surface area (Å²) in [5.41, 5.74) is 1.83. The third-order valence-electron chi connectivity index (χ3n) is 2.39. The van der Waals surface area contributed by atoms with Gasteiger partial charge >= 0.3 is 0 Å². The molecular weight excluding hydrogens is 311 g/mol. The first kappa shape index (κ1) is 12.1. The van der Waals surface area contributed by atoms with Crippen LogP contribution in [0.3, 0.4) is 0 Å². The second kappa shape index (κ2) is 4.86. The van der Waals surface area contributed by atoms with E-state index in [1.165, 1.54) is 12.1 Å². The minimum Gasteiger partial charge on any atom is -0.207 e. The third kappa shape index (κ3) is 2.31. The van der Waals surface area contributed by atoms with Gasteiger partial charge in [0, 0.05) is 9.35 Å². The molecule has 2 rings (SSSR count). The largest absolute Gasteiger partial charge is 0.207 e. The molecule has 1 aromatic carbocycles. The Balaban J connectivity index is 2.45. The van der Waals surface area contributed by atoms with Crippen molar-refractivity contribution in [1.29, 1.82) is 0 Å². The minimum absolute atomic E-state index is 0.251. The summed E-state index contributed by atoms with van der Waals surface area (Å²) >= 11 is 11.4. The number of halogens is 3. The van der Waals surface area contributed by atoms with Gasteiger partial charge in [0.05, 0.1) is 5.38 Å². The zero-order valence-electron chi connectivity index (χ0n) is 8.51. The number of alkyl halides is 1. The molecule has 84 valence electrons. The van der Waals surface area contributed by atoms with Crippen LogP contribution < -0.4 is 0 Å². The summed E-state index contributed by atoms with van der Waals surface area (Å²) < 4.78 is 14.2. The number of aryl methyl sites for hydroxylation is 1. The Bertz CT molecular complexity index is 509. The Morgan fingerprint density at radius 2 is 2.12 bits per heavy atom. The molecule has 0 bridgehead atoms. The van der Waals surface area contributed by atoms with Crippen molar-refractivity contribution in [2.75, 3.05) is 0 Å². The molecule has 0 saturated carbocycles. The first-order valence-electron chi connectivity index (χ1n) is 4.72. The SMILES string of the molecule is Cc1ccc(F)cc1C(Cl)c1sccc1Br. The Labute approximate surface area is 111 Å². The van der Waals surface area contributed by atoms with Gasteiger partial charge in [-0.2, -0.15) is 0 Å². The van der Waals surface area contributed by atoms with Crippen LogP contribution in [0.25, 0.3) is 0 Å². The van der Waals surface area contributed by atoms with Crippen LogP contribution in [0.5, 0.6) is 0 Å². The summed E-state index contributed by atoms with van der Waals surface area (Å²) in [7, 11) is 0. The molecule has 0 radical (unpaired) electrons. The summed E-state index contributed by atoms with van der Waals surface area (Å²) in [6.45, 7) is 1.94. The molecule has 1 heterocycles. The Morgan fingerprint density at radius 1 is 1.38 bits per heavy atom. The number of hydrogen-bond donors (Lipinski definition) is 0. The molecule has 4 heteroatoms. The predicted octanol–water partition coefficient (Wildman–Crippen LogP) is 5.29. The van der Waals surface area contributed by atoms with E-state index in [4.69, 9.17) is 11.6 Å². The van der Waals surface area contributed by atoms with Crippen molar-refractivity contribution in [3.05, 3.63) is 55.9 Å². The molecule has 0 aliphatic carbocycles. The molecule has 1 aromatic heterocycles. The van der Waals surface area contributed by atoms with E-state index in [1.54, 1.807) is 17.4 Å². The van der Waals surface area contributed by atoms with Gasteiger partial charge in [0.15, 0.2) is 0 Å². The van der Waals surface area contributed by atoms with Crippen molar-refractivity contribution >= 4 is 38.9 Å². The van der Waals surface area contributed by atoms with E-state index in [1.807, 2.05) is 18.4 Å². The van der Waals surface area contributed by atoms with E-state index >= 15 is 0 Å². The topological polar surface area (TPSA) is 0 Å². The van der Waals surface area contributed by atoms with Gasteiger partial charge in [0.25, 0.3) is 0 Å². The summed E-state index contributed by atoms with van der Waals surface area (Å²) in [5, 5.41) is 1.66. The Kier molecular flexibility index (Phi) is 3.67. The molecule has 1 unspecified atom stereocenters. The maximum atomic E-state index is 13.2. The third-order valence-corrected chi connectivity index (χ3v) is 4.91. The van der Waals surface area contributed by atoms with Crippen LogP contribution >= 0.6 is 38.9 Å². The predicted molar refractivity (Wildman–Crippen MR) is 70.9 cm³/mol. The molecule has 1 atom stereocenters. The zero-order valence-corrected chi connectivity index (χ0v) is 11.7. The average molecular weight is 320 g/mol. The van der Waals surface area contributed by atoms with Crippen LogP contribution in [-0.4, -0.2) is 0 Å². The molecular formula is C12H9BrClFS. The molecule has 0 N–H and O–H groups in total. The highest BCUT2D eigenvalue weighted by molar-refractivity contribution is 9.10. The van der Waals surface area contributed by atoms with Crippen molar-refractivity contribution in [3.63, 3.8) is 0 Å². The molecule has 0 aliphatic heterocycles. The maximum absolute atomic E-state index is 13.2. The van der Waals surface area contributed by atoms with E-state index in [-0.39, 0.29) is 11.2 Å². The second-order valence-electron chi connectivity index (χ2n) is 3.50. The van der Waals surface area contributed by atoms with Gasteiger partial charge in [0.1, 0.15) is 5.82 Å². The highest BCUT2D eigenvalue weighted by Gasteiger charge is 2.17.